The molecule has 1 aliphatic rings. The number of ether oxygens (including phenoxy) is 1. The number of aryl methyl sites for hydroxylation is 1. The van der Waals surface area contributed by atoms with E-state index in [2.05, 4.69) is 55.3 Å². The van der Waals surface area contributed by atoms with Gasteiger partial charge in [-0.2, -0.15) is 0 Å². The van der Waals surface area contributed by atoms with Gasteiger partial charge in [0.2, 0.25) is 5.91 Å². The van der Waals surface area contributed by atoms with Gasteiger partial charge in [-0.25, -0.2) is 0 Å². The Kier molecular flexibility index (Phi) is 6.29. The van der Waals surface area contributed by atoms with Crippen molar-refractivity contribution in [2.75, 3.05) is 38.6 Å². The third-order valence-corrected chi connectivity index (χ3v) is 4.99. The maximum Gasteiger partial charge on any atom is 0.230 e. The average Bonchev–Trinajstić information content (AvgIpc) is 2.53. The Labute approximate surface area is 137 Å². The van der Waals surface area contributed by atoms with Crippen molar-refractivity contribution < 1.29 is 9.53 Å². The number of hydrogen-bond donors (Lipinski definition) is 1. The van der Waals surface area contributed by atoms with Crippen LogP contribution < -0.4 is 5.32 Å². The Bertz CT molecular complexity index is 482. The quantitative estimate of drug-likeness (QED) is 0.816. The van der Waals surface area contributed by atoms with Crippen LogP contribution in [0.3, 0.4) is 0 Å². The summed E-state index contributed by atoms with van der Waals surface area (Å²) in [6, 6.07) is 8.26. The molecule has 1 N–H and O–H groups in total. The molecule has 1 amide bonds. The summed E-state index contributed by atoms with van der Waals surface area (Å²) in [5.41, 5.74) is 1.20. The van der Waals surface area contributed by atoms with E-state index in [1.807, 2.05) is 0 Å². The topological polar surface area (TPSA) is 41.6 Å². The van der Waals surface area contributed by atoms with Gasteiger partial charge >= 0.3 is 0 Å². The lowest BCUT2D eigenvalue weighted by molar-refractivity contribution is -0.119. The highest BCUT2D eigenvalue weighted by Gasteiger charge is 2.28. The Balaban J connectivity index is 1.73. The van der Waals surface area contributed by atoms with E-state index < -0.39 is 0 Å². The van der Waals surface area contributed by atoms with E-state index in [1.54, 1.807) is 11.8 Å². The van der Waals surface area contributed by atoms with Crippen molar-refractivity contribution in [3.63, 3.8) is 0 Å². The number of carbonyl (C=O) groups is 1. The van der Waals surface area contributed by atoms with Gasteiger partial charge in [0, 0.05) is 30.1 Å². The smallest absolute Gasteiger partial charge is 0.230 e. The molecule has 4 nitrogen and oxygen atoms in total. The third kappa shape index (κ3) is 5.30. The molecule has 1 aromatic rings. The number of thioether (sulfide) groups is 1. The van der Waals surface area contributed by atoms with Crippen molar-refractivity contribution in [2.45, 2.75) is 31.2 Å². The van der Waals surface area contributed by atoms with E-state index in [1.165, 1.54) is 5.56 Å². The first-order valence-electron chi connectivity index (χ1n) is 7.76. The van der Waals surface area contributed by atoms with E-state index in [-0.39, 0.29) is 11.4 Å². The van der Waals surface area contributed by atoms with Gasteiger partial charge in [0.1, 0.15) is 0 Å². The summed E-state index contributed by atoms with van der Waals surface area (Å²) in [7, 11) is 0. The summed E-state index contributed by atoms with van der Waals surface area (Å²) >= 11 is 1.58. The molecule has 0 atom stereocenters. The van der Waals surface area contributed by atoms with Crippen LogP contribution in [0.1, 0.15) is 19.4 Å². The van der Waals surface area contributed by atoms with Crippen LogP contribution in [0.2, 0.25) is 0 Å². The zero-order valence-corrected chi connectivity index (χ0v) is 14.5. The first-order valence-corrected chi connectivity index (χ1v) is 8.75. The molecule has 122 valence electrons. The predicted octanol–water partition coefficient (Wildman–Crippen LogP) is 2.31. The molecule has 0 unspecified atom stereocenters. The summed E-state index contributed by atoms with van der Waals surface area (Å²) < 4.78 is 5.38. The summed E-state index contributed by atoms with van der Waals surface area (Å²) in [4.78, 5) is 15.5. The fourth-order valence-electron chi connectivity index (χ4n) is 2.43. The van der Waals surface area contributed by atoms with Gasteiger partial charge in [-0.15, -0.1) is 11.8 Å². The van der Waals surface area contributed by atoms with Gasteiger partial charge in [-0.3, -0.25) is 9.69 Å². The lowest BCUT2D eigenvalue weighted by Gasteiger charge is -2.40. The van der Waals surface area contributed by atoms with Gasteiger partial charge < -0.3 is 10.1 Å². The predicted molar refractivity (Wildman–Crippen MR) is 91.4 cm³/mol. The molecule has 2 rings (SSSR count). The first-order chi connectivity index (χ1) is 10.5. The molecular formula is C17H26N2O2S. The lowest BCUT2D eigenvalue weighted by Crippen LogP contribution is -2.55. The number of nitrogens with zero attached hydrogens (tertiary/aromatic N) is 1. The SMILES string of the molecule is Cc1ccc(SCC(=O)NCC(C)(C)N2CCOCC2)cc1. The highest BCUT2D eigenvalue weighted by molar-refractivity contribution is 8.00. The fraction of sp³-hybridized carbons (Fsp3) is 0.588. The molecule has 0 spiro atoms. The molecule has 5 heteroatoms. The fourth-order valence-corrected chi connectivity index (χ4v) is 3.16. The van der Waals surface area contributed by atoms with Crippen LogP contribution in [0.5, 0.6) is 0 Å². The van der Waals surface area contributed by atoms with Gasteiger partial charge in [-0.1, -0.05) is 17.7 Å². The molecule has 22 heavy (non-hydrogen) atoms. The van der Waals surface area contributed by atoms with E-state index in [0.717, 1.165) is 31.2 Å². The van der Waals surface area contributed by atoms with E-state index >= 15 is 0 Å². The number of rotatable bonds is 6. The standard InChI is InChI=1S/C17H26N2O2S/c1-14-4-6-15(7-5-14)22-12-16(20)18-13-17(2,3)19-8-10-21-11-9-19/h4-7H,8-13H2,1-3H3,(H,18,20). The second kappa shape index (κ2) is 7.99. The minimum Gasteiger partial charge on any atom is -0.379 e. The normalized spacial score (nSPS) is 16.5. The largest absolute Gasteiger partial charge is 0.379 e. The third-order valence-electron chi connectivity index (χ3n) is 3.98. The average molecular weight is 322 g/mol. The molecule has 0 bridgehead atoms. The van der Waals surface area contributed by atoms with Crippen molar-refractivity contribution in [3.8, 4) is 0 Å². The van der Waals surface area contributed by atoms with Crippen LogP contribution >= 0.6 is 11.8 Å². The first kappa shape index (κ1) is 17.3. The van der Waals surface area contributed by atoms with Crippen molar-refractivity contribution in [2.24, 2.45) is 0 Å². The van der Waals surface area contributed by atoms with Gasteiger partial charge in [-0.05, 0) is 32.9 Å². The Morgan fingerprint density at radius 2 is 1.91 bits per heavy atom. The van der Waals surface area contributed by atoms with Gasteiger partial charge in [0.05, 0.1) is 19.0 Å². The summed E-state index contributed by atoms with van der Waals surface area (Å²) in [6.45, 7) is 10.5. The van der Waals surface area contributed by atoms with Crippen LogP contribution in [-0.2, 0) is 9.53 Å². The van der Waals surface area contributed by atoms with Crippen molar-refractivity contribution in [1.29, 1.82) is 0 Å². The number of nitrogens with one attached hydrogen (secondary N) is 1. The lowest BCUT2D eigenvalue weighted by atomic mass is 10.0. The molecule has 0 aliphatic carbocycles. The van der Waals surface area contributed by atoms with Gasteiger partial charge in [0.25, 0.3) is 0 Å². The van der Waals surface area contributed by atoms with E-state index in [9.17, 15) is 4.79 Å². The van der Waals surface area contributed by atoms with E-state index in [0.29, 0.717) is 12.3 Å². The summed E-state index contributed by atoms with van der Waals surface area (Å²) in [6.07, 6.45) is 0. The number of benzene rings is 1. The number of amides is 1. The van der Waals surface area contributed by atoms with Crippen LogP contribution in [0.4, 0.5) is 0 Å². The Morgan fingerprint density at radius 1 is 1.27 bits per heavy atom. The molecule has 0 saturated carbocycles. The van der Waals surface area contributed by atoms with E-state index in [4.69, 9.17) is 4.74 Å². The maximum absolute atomic E-state index is 12.0. The number of hydrogen-bond acceptors (Lipinski definition) is 4. The van der Waals surface area contributed by atoms with Crippen LogP contribution in [0.15, 0.2) is 29.2 Å². The van der Waals surface area contributed by atoms with Crippen LogP contribution in [-0.4, -0.2) is 54.9 Å². The molecule has 0 aromatic heterocycles. The van der Waals surface area contributed by atoms with Crippen molar-refractivity contribution in [3.05, 3.63) is 29.8 Å². The molecular weight excluding hydrogens is 296 g/mol. The molecule has 1 aliphatic heterocycles. The minimum absolute atomic E-state index is 0.0338. The van der Waals surface area contributed by atoms with Gasteiger partial charge in [0.15, 0.2) is 0 Å². The zero-order valence-electron chi connectivity index (χ0n) is 13.7. The minimum atomic E-state index is -0.0338. The molecule has 1 saturated heterocycles. The van der Waals surface area contributed by atoms with Crippen molar-refractivity contribution in [1.82, 2.24) is 10.2 Å². The Hall–Kier alpha value is -1.04. The summed E-state index contributed by atoms with van der Waals surface area (Å²) in [5.74, 6) is 0.550. The van der Waals surface area contributed by atoms with Crippen LogP contribution in [0, 0.1) is 6.92 Å². The molecule has 0 radical (unpaired) electrons. The molecule has 1 heterocycles. The van der Waals surface area contributed by atoms with Crippen LogP contribution in [0.25, 0.3) is 0 Å². The highest BCUT2D eigenvalue weighted by atomic mass is 32.2. The second-order valence-electron chi connectivity index (χ2n) is 6.29. The maximum atomic E-state index is 12.0. The zero-order chi connectivity index (χ0) is 16.0. The second-order valence-corrected chi connectivity index (χ2v) is 7.34. The highest BCUT2D eigenvalue weighted by Crippen LogP contribution is 2.18. The summed E-state index contributed by atoms with van der Waals surface area (Å²) in [5, 5.41) is 3.06. The number of carbonyl (C=O) groups excluding carboxylic acids is 1. The molecule has 1 aromatic carbocycles. The van der Waals surface area contributed by atoms with Crippen molar-refractivity contribution >= 4 is 17.7 Å². The monoisotopic (exact) mass is 322 g/mol. The number of morpholine rings is 1. The Morgan fingerprint density at radius 3 is 2.55 bits per heavy atom. The molecule has 1 fully saturated rings.